The first kappa shape index (κ1) is 12.4. The largest absolute Gasteiger partial charge is 0.383 e. The van der Waals surface area contributed by atoms with Crippen LogP contribution in [0.1, 0.15) is 6.92 Å². The first-order chi connectivity index (χ1) is 7.04. The molecule has 1 atom stereocenters. The van der Waals surface area contributed by atoms with Gasteiger partial charge < -0.3 is 9.64 Å². The number of hydrogen-bond acceptors (Lipinski definition) is 5. The van der Waals surface area contributed by atoms with Gasteiger partial charge in [-0.2, -0.15) is 15.0 Å². The van der Waals surface area contributed by atoms with Gasteiger partial charge in [-0.1, -0.05) is 0 Å². The molecule has 0 aromatic carbocycles. The summed E-state index contributed by atoms with van der Waals surface area (Å²) >= 11 is 11.3. The van der Waals surface area contributed by atoms with Crippen molar-refractivity contribution in [3.63, 3.8) is 0 Å². The zero-order valence-corrected chi connectivity index (χ0v) is 10.2. The van der Waals surface area contributed by atoms with E-state index in [1.54, 1.807) is 7.11 Å². The van der Waals surface area contributed by atoms with E-state index in [0.29, 0.717) is 12.6 Å². The Morgan fingerprint density at radius 1 is 1.27 bits per heavy atom. The van der Waals surface area contributed by atoms with E-state index >= 15 is 0 Å². The number of likely N-dealkylation sites (N-methyl/N-ethyl adjacent to an activating group) is 1. The fraction of sp³-hybridized carbons (Fsp3) is 0.625. The molecule has 84 valence electrons. The second-order valence-electron chi connectivity index (χ2n) is 3.09. The van der Waals surface area contributed by atoms with Crippen LogP contribution in [0.3, 0.4) is 0 Å². The Hall–Kier alpha value is -0.650. The van der Waals surface area contributed by atoms with Gasteiger partial charge in [0.15, 0.2) is 0 Å². The molecule has 0 N–H and O–H groups in total. The fourth-order valence-electron chi connectivity index (χ4n) is 1.02. The maximum absolute atomic E-state index is 5.67. The smallest absolute Gasteiger partial charge is 0.231 e. The summed E-state index contributed by atoms with van der Waals surface area (Å²) in [5.41, 5.74) is 0. The van der Waals surface area contributed by atoms with Crippen LogP contribution >= 0.6 is 23.2 Å². The highest BCUT2D eigenvalue weighted by molar-refractivity contribution is 6.31. The molecule has 0 saturated carbocycles. The molecule has 0 amide bonds. The van der Waals surface area contributed by atoms with Crippen molar-refractivity contribution in [2.75, 3.05) is 25.7 Å². The van der Waals surface area contributed by atoms with Crippen molar-refractivity contribution in [1.29, 1.82) is 0 Å². The number of aromatic nitrogens is 3. The molecule has 1 unspecified atom stereocenters. The lowest BCUT2D eigenvalue weighted by molar-refractivity contribution is 0.183. The Morgan fingerprint density at radius 3 is 2.27 bits per heavy atom. The van der Waals surface area contributed by atoms with Gasteiger partial charge in [0, 0.05) is 14.2 Å². The van der Waals surface area contributed by atoms with Crippen molar-refractivity contribution in [3.8, 4) is 0 Å². The first-order valence-electron chi connectivity index (χ1n) is 4.33. The molecule has 0 bridgehead atoms. The van der Waals surface area contributed by atoms with E-state index in [2.05, 4.69) is 15.0 Å². The van der Waals surface area contributed by atoms with E-state index < -0.39 is 0 Å². The Bertz CT molecular complexity index is 316. The predicted octanol–water partition coefficient (Wildman–Crippen LogP) is 1.65. The molecule has 0 aliphatic rings. The van der Waals surface area contributed by atoms with Gasteiger partial charge in [-0.15, -0.1) is 0 Å². The molecule has 15 heavy (non-hydrogen) atoms. The molecule has 0 spiro atoms. The maximum Gasteiger partial charge on any atom is 0.231 e. The van der Waals surface area contributed by atoms with Crippen LogP contribution in [0.4, 0.5) is 5.95 Å². The normalized spacial score (nSPS) is 12.6. The maximum atomic E-state index is 5.67. The predicted molar refractivity (Wildman–Crippen MR) is 59.6 cm³/mol. The number of rotatable bonds is 4. The summed E-state index contributed by atoms with van der Waals surface area (Å²) in [6.45, 7) is 2.55. The third-order valence-corrected chi connectivity index (χ3v) is 2.29. The molecular weight excluding hydrogens is 239 g/mol. The average Bonchev–Trinajstić information content (AvgIpc) is 2.15. The number of anilines is 1. The molecule has 1 heterocycles. The molecule has 0 saturated heterocycles. The molecule has 7 heteroatoms. The quantitative estimate of drug-likeness (QED) is 0.814. The van der Waals surface area contributed by atoms with Crippen molar-refractivity contribution in [2.45, 2.75) is 13.0 Å². The van der Waals surface area contributed by atoms with Crippen LogP contribution in [0.5, 0.6) is 0 Å². The Kier molecular flexibility index (Phi) is 4.50. The lowest BCUT2D eigenvalue weighted by Gasteiger charge is -2.23. The Balaban J connectivity index is 2.85. The van der Waals surface area contributed by atoms with Crippen LogP contribution in [0.25, 0.3) is 0 Å². The minimum atomic E-state index is 0.0847. The van der Waals surface area contributed by atoms with E-state index in [1.807, 2.05) is 18.9 Å². The van der Waals surface area contributed by atoms with E-state index in [0.717, 1.165) is 0 Å². The van der Waals surface area contributed by atoms with Crippen molar-refractivity contribution in [3.05, 3.63) is 10.6 Å². The Morgan fingerprint density at radius 2 is 1.80 bits per heavy atom. The van der Waals surface area contributed by atoms with Crippen LogP contribution in [-0.2, 0) is 4.74 Å². The summed E-state index contributed by atoms with van der Waals surface area (Å²) in [4.78, 5) is 13.4. The molecular formula is C8H12Cl2N4O. The molecule has 5 nitrogen and oxygen atoms in total. The molecule has 0 aliphatic heterocycles. The SMILES string of the molecule is COCC(C)N(C)c1nc(Cl)nc(Cl)n1. The highest BCUT2D eigenvalue weighted by Crippen LogP contribution is 2.14. The van der Waals surface area contributed by atoms with Gasteiger partial charge in [0.2, 0.25) is 16.5 Å². The van der Waals surface area contributed by atoms with Crippen LogP contribution in [0.15, 0.2) is 0 Å². The van der Waals surface area contributed by atoms with Crippen LogP contribution < -0.4 is 4.90 Å². The van der Waals surface area contributed by atoms with Crippen LogP contribution in [0.2, 0.25) is 10.6 Å². The second kappa shape index (κ2) is 5.44. The number of nitrogens with zero attached hydrogens (tertiary/aromatic N) is 4. The third-order valence-electron chi connectivity index (χ3n) is 1.95. The summed E-state index contributed by atoms with van der Waals surface area (Å²) in [7, 11) is 3.48. The van der Waals surface area contributed by atoms with Crippen LogP contribution in [-0.4, -0.2) is 41.8 Å². The number of hydrogen-bond donors (Lipinski definition) is 0. The molecule has 1 rings (SSSR count). The molecule has 1 aromatic heterocycles. The standard InChI is InChI=1S/C8H12Cl2N4O/c1-5(4-15-3)14(2)8-12-6(9)11-7(10)13-8/h5H,4H2,1-3H3. The van der Waals surface area contributed by atoms with E-state index in [9.17, 15) is 0 Å². The summed E-state index contributed by atoms with van der Waals surface area (Å²) in [5, 5.41) is 0.169. The zero-order valence-electron chi connectivity index (χ0n) is 8.74. The minimum Gasteiger partial charge on any atom is -0.383 e. The number of halogens is 2. The van der Waals surface area contributed by atoms with E-state index in [4.69, 9.17) is 27.9 Å². The lowest BCUT2D eigenvalue weighted by atomic mass is 10.3. The van der Waals surface area contributed by atoms with Gasteiger partial charge in [-0.3, -0.25) is 0 Å². The van der Waals surface area contributed by atoms with Gasteiger partial charge in [0.1, 0.15) is 0 Å². The van der Waals surface area contributed by atoms with Crippen molar-refractivity contribution in [1.82, 2.24) is 15.0 Å². The highest BCUT2D eigenvalue weighted by Gasteiger charge is 2.14. The van der Waals surface area contributed by atoms with Crippen molar-refractivity contribution < 1.29 is 4.74 Å². The summed E-state index contributed by atoms with van der Waals surface area (Å²) in [6, 6.07) is 0.129. The monoisotopic (exact) mass is 250 g/mol. The van der Waals surface area contributed by atoms with Gasteiger partial charge in [0.25, 0.3) is 0 Å². The van der Waals surface area contributed by atoms with Gasteiger partial charge >= 0.3 is 0 Å². The zero-order chi connectivity index (χ0) is 11.4. The topological polar surface area (TPSA) is 51.1 Å². The molecule has 0 aliphatic carbocycles. The second-order valence-corrected chi connectivity index (χ2v) is 3.76. The highest BCUT2D eigenvalue weighted by atomic mass is 35.5. The van der Waals surface area contributed by atoms with Crippen molar-refractivity contribution >= 4 is 29.2 Å². The van der Waals surface area contributed by atoms with E-state index in [-0.39, 0.29) is 16.6 Å². The third kappa shape index (κ3) is 3.44. The van der Waals surface area contributed by atoms with Crippen molar-refractivity contribution in [2.24, 2.45) is 0 Å². The van der Waals surface area contributed by atoms with Crippen LogP contribution in [0, 0.1) is 0 Å². The molecule has 0 fully saturated rings. The Labute approximate surface area is 98.4 Å². The summed E-state index contributed by atoms with van der Waals surface area (Å²) in [6.07, 6.45) is 0. The van der Waals surface area contributed by atoms with Gasteiger partial charge in [-0.25, -0.2) is 0 Å². The first-order valence-corrected chi connectivity index (χ1v) is 5.09. The summed E-state index contributed by atoms with van der Waals surface area (Å²) in [5.74, 6) is 0.435. The lowest BCUT2D eigenvalue weighted by Crippen LogP contribution is -2.34. The van der Waals surface area contributed by atoms with E-state index in [1.165, 1.54) is 0 Å². The fourth-order valence-corrected chi connectivity index (χ4v) is 1.38. The number of methoxy groups -OCH3 is 1. The molecule has 0 radical (unpaired) electrons. The summed E-state index contributed by atoms with van der Waals surface area (Å²) < 4.78 is 5.03. The van der Waals surface area contributed by atoms with Gasteiger partial charge in [-0.05, 0) is 30.1 Å². The van der Waals surface area contributed by atoms with Gasteiger partial charge in [0.05, 0.1) is 12.6 Å². The minimum absolute atomic E-state index is 0.0847. The number of ether oxygens (including phenoxy) is 1. The molecule has 1 aromatic rings. The average molecular weight is 251 g/mol.